The molecule has 0 spiro atoms. The van der Waals surface area contributed by atoms with Crippen molar-refractivity contribution in [3.05, 3.63) is 72.7 Å². The number of rotatable bonds is 7. The van der Waals surface area contributed by atoms with Crippen LogP contribution in [0, 0.1) is 0 Å². The molecule has 1 saturated carbocycles. The van der Waals surface area contributed by atoms with Crippen LogP contribution in [-0.4, -0.2) is 54.3 Å². The van der Waals surface area contributed by atoms with E-state index in [9.17, 15) is 9.90 Å². The first-order valence-corrected chi connectivity index (χ1v) is 11.2. The van der Waals surface area contributed by atoms with Gasteiger partial charge in [-0.05, 0) is 62.1 Å². The number of amides is 1. The molecule has 6 nitrogen and oxygen atoms in total. The molecule has 6 heteroatoms. The molecule has 3 atom stereocenters. The fourth-order valence-electron chi connectivity index (χ4n) is 5.43. The van der Waals surface area contributed by atoms with E-state index in [1.807, 2.05) is 24.3 Å². The van der Waals surface area contributed by atoms with Gasteiger partial charge >= 0.3 is 0 Å². The molecule has 1 saturated heterocycles. The molecule has 170 valence electrons. The zero-order valence-corrected chi connectivity index (χ0v) is 18.6. The van der Waals surface area contributed by atoms with E-state index in [4.69, 9.17) is 9.15 Å². The molecule has 32 heavy (non-hydrogen) atoms. The van der Waals surface area contributed by atoms with Crippen LogP contribution in [0.25, 0.3) is 6.08 Å². The highest BCUT2D eigenvalue weighted by molar-refractivity contribution is 5.91. The van der Waals surface area contributed by atoms with Crippen molar-refractivity contribution >= 4 is 12.0 Å². The van der Waals surface area contributed by atoms with Crippen LogP contribution in [0.1, 0.15) is 36.8 Å². The molecule has 1 aromatic carbocycles. The first kappa shape index (κ1) is 22.4. The number of furan rings is 1. The summed E-state index contributed by atoms with van der Waals surface area (Å²) in [5.74, 6) is 0.647. The molecule has 0 radical (unpaired) electrons. The van der Waals surface area contributed by atoms with Crippen molar-refractivity contribution in [1.29, 1.82) is 0 Å². The van der Waals surface area contributed by atoms with Gasteiger partial charge in [-0.25, -0.2) is 0 Å². The SMILES string of the molecule is C=CCN1CC[C@@]2(c3cccc(OC)c3)C[C@H](NC(=O)C=Cc3ccoc3)CC[C@]2(O)C1. The van der Waals surface area contributed by atoms with E-state index in [1.165, 1.54) is 6.08 Å². The van der Waals surface area contributed by atoms with Crippen molar-refractivity contribution < 1.29 is 19.1 Å². The Bertz CT molecular complexity index is 970. The van der Waals surface area contributed by atoms with Crippen LogP contribution in [0.2, 0.25) is 0 Å². The molecule has 1 aromatic heterocycles. The average molecular weight is 437 g/mol. The maximum atomic E-state index is 12.6. The molecular weight excluding hydrogens is 404 g/mol. The van der Waals surface area contributed by atoms with Gasteiger partial charge in [0.05, 0.1) is 25.2 Å². The summed E-state index contributed by atoms with van der Waals surface area (Å²) in [6.07, 6.45) is 11.2. The number of likely N-dealkylation sites (tertiary alicyclic amines) is 1. The van der Waals surface area contributed by atoms with Gasteiger partial charge in [-0.1, -0.05) is 18.2 Å². The first-order chi connectivity index (χ1) is 15.5. The largest absolute Gasteiger partial charge is 0.497 e. The van der Waals surface area contributed by atoms with Crippen LogP contribution in [-0.2, 0) is 10.2 Å². The summed E-state index contributed by atoms with van der Waals surface area (Å²) in [7, 11) is 1.66. The molecule has 2 fully saturated rings. The number of nitrogens with one attached hydrogen (secondary N) is 1. The third kappa shape index (κ3) is 4.38. The number of fused-ring (bicyclic) bond motifs is 1. The second-order valence-electron chi connectivity index (χ2n) is 8.96. The van der Waals surface area contributed by atoms with Gasteiger partial charge in [-0.2, -0.15) is 0 Å². The summed E-state index contributed by atoms with van der Waals surface area (Å²) in [6, 6.07) is 9.81. The lowest BCUT2D eigenvalue weighted by Crippen LogP contribution is -2.67. The van der Waals surface area contributed by atoms with Crippen LogP contribution in [0.15, 0.2) is 66.0 Å². The Kier molecular flexibility index (Phi) is 6.53. The number of hydrogen-bond acceptors (Lipinski definition) is 5. The summed E-state index contributed by atoms with van der Waals surface area (Å²) in [5.41, 5.74) is 0.587. The first-order valence-electron chi connectivity index (χ1n) is 11.2. The van der Waals surface area contributed by atoms with Crippen LogP contribution < -0.4 is 10.1 Å². The summed E-state index contributed by atoms with van der Waals surface area (Å²) >= 11 is 0. The Balaban J connectivity index is 1.58. The van der Waals surface area contributed by atoms with Gasteiger partial charge in [0.2, 0.25) is 5.91 Å². The number of β-amino-alcohol motifs (C(OH)–C–C–N with tert-alkyl or cyclic N) is 1. The molecule has 2 heterocycles. The second kappa shape index (κ2) is 9.35. The van der Waals surface area contributed by atoms with Gasteiger partial charge in [-0.15, -0.1) is 6.58 Å². The fourth-order valence-corrected chi connectivity index (χ4v) is 5.43. The van der Waals surface area contributed by atoms with Crippen LogP contribution >= 0.6 is 0 Å². The topological polar surface area (TPSA) is 74.9 Å². The minimum atomic E-state index is -0.880. The predicted molar refractivity (Wildman–Crippen MR) is 124 cm³/mol. The normalized spacial score (nSPS) is 28.2. The molecular formula is C26H32N2O4. The monoisotopic (exact) mass is 436 g/mol. The molecule has 2 aliphatic rings. The summed E-state index contributed by atoms with van der Waals surface area (Å²) < 4.78 is 10.5. The van der Waals surface area contributed by atoms with Gasteiger partial charge in [0.15, 0.2) is 0 Å². The van der Waals surface area contributed by atoms with Crippen molar-refractivity contribution in [3.63, 3.8) is 0 Å². The molecule has 4 rings (SSSR count). The quantitative estimate of drug-likeness (QED) is 0.513. The number of methoxy groups -OCH3 is 1. The molecule has 0 bridgehead atoms. The van der Waals surface area contributed by atoms with E-state index in [0.29, 0.717) is 19.4 Å². The standard InChI is InChI=1S/C26H32N2O4/c1-3-13-28-14-12-25(21-5-4-6-23(16-21)31-2)17-22(9-11-26(25,30)19-28)27-24(29)8-7-20-10-15-32-18-20/h3-8,10,15-16,18,22,30H,1,9,11-14,17,19H2,2H3,(H,27,29)/t22-,25+,26+/m1/s1. The summed E-state index contributed by atoms with van der Waals surface area (Å²) in [4.78, 5) is 14.9. The average Bonchev–Trinajstić information content (AvgIpc) is 3.32. The van der Waals surface area contributed by atoms with Crippen molar-refractivity contribution in [2.45, 2.75) is 42.7 Å². The molecule has 2 N–H and O–H groups in total. The molecule has 0 unspecified atom stereocenters. The van der Waals surface area contributed by atoms with Gasteiger partial charge in [0.25, 0.3) is 0 Å². The second-order valence-corrected chi connectivity index (χ2v) is 8.96. The van der Waals surface area contributed by atoms with Crippen molar-refractivity contribution in [2.24, 2.45) is 0 Å². The van der Waals surface area contributed by atoms with Crippen molar-refractivity contribution in [3.8, 4) is 5.75 Å². The smallest absolute Gasteiger partial charge is 0.244 e. The molecule has 1 aliphatic heterocycles. The zero-order valence-electron chi connectivity index (χ0n) is 18.6. The molecule has 1 amide bonds. The van der Waals surface area contributed by atoms with E-state index >= 15 is 0 Å². The number of aliphatic hydroxyl groups is 1. The summed E-state index contributed by atoms with van der Waals surface area (Å²) in [5, 5.41) is 15.1. The van der Waals surface area contributed by atoms with E-state index in [0.717, 1.165) is 42.8 Å². The van der Waals surface area contributed by atoms with Crippen LogP contribution in [0.4, 0.5) is 0 Å². The Morgan fingerprint density at radius 2 is 2.28 bits per heavy atom. The number of hydrogen-bond donors (Lipinski definition) is 2. The van der Waals surface area contributed by atoms with Gasteiger partial charge in [0, 0.05) is 36.2 Å². The minimum Gasteiger partial charge on any atom is -0.497 e. The molecule has 2 aromatic rings. The third-order valence-corrected chi connectivity index (χ3v) is 7.06. The number of nitrogens with zero attached hydrogens (tertiary/aromatic N) is 1. The van der Waals surface area contributed by atoms with Crippen molar-refractivity contribution in [1.82, 2.24) is 10.2 Å². The van der Waals surface area contributed by atoms with Gasteiger partial charge < -0.3 is 19.6 Å². The lowest BCUT2D eigenvalue weighted by atomic mass is 9.55. The van der Waals surface area contributed by atoms with Crippen molar-refractivity contribution in [2.75, 3.05) is 26.7 Å². The highest BCUT2D eigenvalue weighted by Gasteiger charge is 2.57. The Morgan fingerprint density at radius 1 is 1.41 bits per heavy atom. The molecule has 1 aliphatic carbocycles. The Labute approximate surface area is 189 Å². The van der Waals surface area contributed by atoms with E-state index in [2.05, 4.69) is 22.9 Å². The maximum Gasteiger partial charge on any atom is 0.244 e. The summed E-state index contributed by atoms with van der Waals surface area (Å²) in [6.45, 7) is 6.08. The minimum absolute atomic E-state index is 0.0195. The zero-order chi connectivity index (χ0) is 22.6. The number of piperidine rings is 1. The predicted octanol–water partition coefficient (Wildman–Crippen LogP) is 3.53. The van der Waals surface area contributed by atoms with E-state index < -0.39 is 11.0 Å². The number of ether oxygens (including phenoxy) is 1. The number of benzene rings is 1. The number of carbonyl (C=O) groups is 1. The van der Waals surface area contributed by atoms with Crippen LogP contribution in [0.3, 0.4) is 0 Å². The van der Waals surface area contributed by atoms with Gasteiger partial charge in [-0.3, -0.25) is 9.69 Å². The van der Waals surface area contributed by atoms with Crippen LogP contribution in [0.5, 0.6) is 5.75 Å². The lowest BCUT2D eigenvalue weighted by Gasteiger charge is -2.58. The van der Waals surface area contributed by atoms with Gasteiger partial charge in [0.1, 0.15) is 5.75 Å². The fraction of sp³-hybridized carbons (Fsp3) is 0.423. The Morgan fingerprint density at radius 3 is 3.03 bits per heavy atom. The number of carbonyl (C=O) groups excluding carboxylic acids is 1. The third-order valence-electron chi connectivity index (χ3n) is 7.06. The highest BCUT2D eigenvalue weighted by Crippen LogP contribution is 2.52. The maximum absolute atomic E-state index is 12.6. The van der Waals surface area contributed by atoms with E-state index in [1.54, 1.807) is 31.8 Å². The van der Waals surface area contributed by atoms with E-state index in [-0.39, 0.29) is 11.9 Å². The lowest BCUT2D eigenvalue weighted by molar-refractivity contribution is -0.130. The highest BCUT2D eigenvalue weighted by atomic mass is 16.5. The Hall–Kier alpha value is -2.83.